The quantitative estimate of drug-likeness (QED) is 0.705. The molecule has 2 aromatic rings. The van der Waals surface area contributed by atoms with Crippen LogP contribution >= 0.6 is 24.8 Å². The first-order chi connectivity index (χ1) is 14.7. The van der Waals surface area contributed by atoms with Crippen LogP contribution in [0.4, 0.5) is 5.69 Å². The molecule has 1 unspecified atom stereocenters. The Bertz CT molecular complexity index is 890. The minimum atomic E-state index is 0. The average Bonchev–Trinajstić information content (AvgIpc) is 3.15. The molecule has 2 fully saturated rings. The van der Waals surface area contributed by atoms with E-state index in [0.29, 0.717) is 5.92 Å². The Hall–Kier alpha value is -2.02. The van der Waals surface area contributed by atoms with Crippen LogP contribution in [0.2, 0.25) is 0 Å². The average molecular weight is 481 g/mol. The third-order valence-electron chi connectivity index (χ3n) is 6.31. The van der Waals surface area contributed by atoms with E-state index in [9.17, 15) is 4.79 Å². The number of benzene rings is 1. The number of nitrogens with one attached hydrogen (secondary N) is 1. The van der Waals surface area contributed by atoms with Gasteiger partial charge in [-0.1, -0.05) is 0 Å². The van der Waals surface area contributed by atoms with E-state index in [1.807, 2.05) is 29.4 Å². The molecule has 176 valence electrons. The molecule has 32 heavy (non-hydrogen) atoms. The molecule has 8 heteroatoms. The predicted octanol–water partition coefficient (Wildman–Crippen LogP) is 3.75. The third kappa shape index (κ3) is 6.06. The number of hydrogen-bond acceptors (Lipinski definition) is 5. The zero-order valence-electron chi connectivity index (χ0n) is 18.9. The van der Waals surface area contributed by atoms with Gasteiger partial charge in [0, 0.05) is 49.8 Å². The first-order valence-electron chi connectivity index (χ1n) is 11.0. The topological polar surface area (TPSA) is 57.7 Å². The van der Waals surface area contributed by atoms with Crippen LogP contribution in [0, 0.1) is 12.8 Å². The van der Waals surface area contributed by atoms with Gasteiger partial charge in [0.15, 0.2) is 0 Å². The van der Waals surface area contributed by atoms with Crippen LogP contribution < -0.4 is 15.0 Å². The van der Waals surface area contributed by atoms with Crippen LogP contribution in [0.3, 0.4) is 0 Å². The van der Waals surface area contributed by atoms with Gasteiger partial charge in [-0.3, -0.25) is 9.78 Å². The van der Waals surface area contributed by atoms with Gasteiger partial charge in [0.1, 0.15) is 5.75 Å². The van der Waals surface area contributed by atoms with Gasteiger partial charge in [0.2, 0.25) is 0 Å². The summed E-state index contributed by atoms with van der Waals surface area (Å²) in [4.78, 5) is 21.9. The highest BCUT2D eigenvalue weighted by Crippen LogP contribution is 2.26. The fourth-order valence-electron chi connectivity index (χ4n) is 4.64. The Balaban J connectivity index is 0.00000181. The summed E-state index contributed by atoms with van der Waals surface area (Å²) in [5.41, 5.74) is 4.31. The Morgan fingerprint density at radius 1 is 1.19 bits per heavy atom. The first kappa shape index (κ1) is 26.2. The van der Waals surface area contributed by atoms with E-state index in [0.717, 1.165) is 69.0 Å². The molecule has 0 saturated carbocycles. The van der Waals surface area contributed by atoms with Crippen molar-refractivity contribution in [1.29, 1.82) is 0 Å². The summed E-state index contributed by atoms with van der Waals surface area (Å²) in [5, 5.41) is 3.42. The van der Waals surface area contributed by atoms with Gasteiger partial charge in [-0.05, 0) is 80.6 Å². The zero-order valence-corrected chi connectivity index (χ0v) is 20.5. The first-order valence-corrected chi connectivity index (χ1v) is 11.0. The van der Waals surface area contributed by atoms with Crippen LogP contribution in [-0.2, 0) is 6.42 Å². The fraction of sp³-hybridized carbons (Fsp3) is 0.500. The number of carbonyl (C=O) groups excluding carboxylic acids is 1. The third-order valence-corrected chi connectivity index (χ3v) is 6.31. The van der Waals surface area contributed by atoms with E-state index >= 15 is 0 Å². The Morgan fingerprint density at radius 3 is 2.75 bits per heavy atom. The predicted molar refractivity (Wildman–Crippen MR) is 134 cm³/mol. The van der Waals surface area contributed by atoms with E-state index in [2.05, 4.69) is 34.3 Å². The minimum absolute atomic E-state index is 0. The molecule has 1 amide bonds. The maximum atomic E-state index is 13.3. The van der Waals surface area contributed by atoms with Gasteiger partial charge in [-0.25, -0.2) is 0 Å². The SMILES string of the molecule is COc1ccc(C(=O)N2CCCN(c3ccncc3C)CC2)cc1CC1CCNC1.Cl.Cl. The number of rotatable bonds is 5. The minimum Gasteiger partial charge on any atom is -0.496 e. The van der Waals surface area contributed by atoms with Gasteiger partial charge in [-0.15, -0.1) is 24.8 Å². The smallest absolute Gasteiger partial charge is 0.253 e. The summed E-state index contributed by atoms with van der Waals surface area (Å²) in [6.07, 6.45) is 6.84. The van der Waals surface area contributed by atoms with E-state index in [1.54, 1.807) is 7.11 Å². The normalized spacial score (nSPS) is 18.4. The van der Waals surface area contributed by atoms with E-state index < -0.39 is 0 Å². The van der Waals surface area contributed by atoms with Gasteiger partial charge in [0.05, 0.1) is 7.11 Å². The lowest BCUT2D eigenvalue weighted by Crippen LogP contribution is -2.35. The molecule has 0 radical (unpaired) electrons. The Kier molecular flexibility index (Phi) is 10.1. The second kappa shape index (κ2) is 12.3. The molecule has 0 bridgehead atoms. The molecule has 4 rings (SSSR count). The van der Waals surface area contributed by atoms with Crippen LogP contribution in [0.25, 0.3) is 0 Å². The lowest BCUT2D eigenvalue weighted by atomic mass is 9.96. The molecule has 1 aromatic carbocycles. The Morgan fingerprint density at radius 2 is 2.03 bits per heavy atom. The zero-order chi connectivity index (χ0) is 20.9. The highest BCUT2D eigenvalue weighted by atomic mass is 35.5. The van der Waals surface area contributed by atoms with Gasteiger partial charge >= 0.3 is 0 Å². The number of aromatic nitrogens is 1. The number of aryl methyl sites for hydroxylation is 1. The van der Waals surface area contributed by atoms with Gasteiger partial charge < -0.3 is 19.9 Å². The van der Waals surface area contributed by atoms with Crippen molar-refractivity contribution < 1.29 is 9.53 Å². The number of pyridine rings is 1. The molecule has 2 aliphatic rings. The highest BCUT2D eigenvalue weighted by Gasteiger charge is 2.23. The number of amides is 1. The van der Waals surface area contributed by atoms with E-state index in [4.69, 9.17) is 4.74 Å². The van der Waals surface area contributed by atoms with Crippen LogP contribution in [0.15, 0.2) is 36.7 Å². The summed E-state index contributed by atoms with van der Waals surface area (Å²) in [5.74, 6) is 1.62. The second-order valence-corrected chi connectivity index (χ2v) is 8.38. The van der Waals surface area contributed by atoms with Crippen molar-refractivity contribution in [3.05, 3.63) is 53.3 Å². The number of methoxy groups -OCH3 is 1. The van der Waals surface area contributed by atoms with Crippen molar-refractivity contribution in [2.45, 2.75) is 26.2 Å². The molecule has 1 aromatic heterocycles. The lowest BCUT2D eigenvalue weighted by molar-refractivity contribution is 0.0767. The number of carbonyl (C=O) groups is 1. The number of anilines is 1. The maximum Gasteiger partial charge on any atom is 0.253 e. The molecular weight excluding hydrogens is 447 g/mol. The van der Waals surface area contributed by atoms with Crippen molar-refractivity contribution in [2.75, 3.05) is 51.3 Å². The van der Waals surface area contributed by atoms with Crippen molar-refractivity contribution in [1.82, 2.24) is 15.2 Å². The van der Waals surface area contributed by atoms with Crippen molar-refractivity contribution in [2.24, 2.45) is 5.92 Å². The molecule has 2 saturated heterocycles. The van der Waals surface area contributed by atoms with Gasteiger partial charge in [-0.2, -0.15) is 0 Å². The molecule has 0 spiro atoms. The highest BCUT2D eigenvalue weighted by molar-refractivity contribution is 5.94. The molecule has 1 atom stereocenters. The molecular formula is C24H34Cl2N4O2. The number of ether oxygens (including phenoxy) is 1. The molecule has 1 N–H and O–H groups in total. The standard InChI is InChI=1S/C24H32N4O2.2ClH/c1-18-16-25-9-7-22(18)27-10-3-11-28(13-12-27)24(29)20-4-5-23(30-2)21(15-20)14-19-6-8-26-17-19;;/h4-5,7,9,15-16,19,26H,3,6,8,10-14,17H2,1-2H3;2*1H. The fourth-order valence-corrected chi connectivity index (χ4v) is 4.64. The molecule has 0 aliphatic carbocycles. The van der Waals surface area contributed by atoms with Gasteiger partial charge in [0.25, 0.3) is 5.91 Å². The second-order valence-electron chi connectivity index (χ2n) is 8.38. The molecule has 6 nitrogen and oxygen atoms in total. The Labute approximate surface area is 203 Å². The number of halogens is 2. The van der Waals surface area contributed by atoms with Crippen LogP contribution in [0.5, 0.6) is 5.75 Å². The summed E-state index contributed by atoms with van der Waals surface area (Å²) in [7, 11) is 1.71. The van der Waals surface area contributed by atoms with Crippen LogP contribution in [-0.4, -0.2) is 62.2 Å². The lowest BCUT2D eigenvalue weighted by Gasteiger charge is -2.25. The van der Waals surface area contributed by atoms with Crippen molar-refractivity contribution >= 4 is 36.4 Å². The molecule has 3 heterocycles. The van der Waals surface area contributed by atoms with Crippen LogP contribution in [0.1, 0.15) is 34.3 Å². The maximum absolute atomic E-state index is 13.3. The largest absolute Gasteiger partial charge is 0.496 e. The number of nitrogens with zero attached hydrogens (tertiary/aromatic N) is 3. The summed E-state index contributed by atoms with van der Waals surface area (Å²) >= 11 is 0. The van der Waals surface area contributed by atoms with Crippen molar-refractivity contribution in [3.8, 4) is 5.75 Å². The van der Waals surface area contributed by atoms with E-state index in [1.165, 1.54) is 17.7 Å². The van der Waals surface area contributed by atoms with Crippen molar-refractivity contribution in [3.63, 3.8) is 0 Å². The summed E-state index contributed by atoms with van der Waals surface area (Å²) in [6, 6.07) is 7.98. The summed E-state index contributed by atoms with van der Waals surface area (Å²) in [6.45, 7) is 7.52. The number of hydrogen-bond donors (Lipinski definition) is 1. The monoisotopic (exact) mass is 480 g/mol. The van der Waals surface area contributed by atoms with E-state index in [-0.39, 0.29) is 30.7 Å². The molecule has 2 aliphatic heterocycles. The summed E-state index contributed by atoms with van der Waals surface area (Å²) < 4.78 is 5.57.